The first-order valence-corrected chi connectivity index (χ1v) is 5.94. The predicted octanol–water partition coefficient (Wildman–Crippen LogP) is 3.42. The molecule has 88 valence electrons. The molecule has 1 amide bonds. The van der Waals surface area contributed by atoms with Gasteiger partial charge in [0, 0.05) is 28.0 Å². The maximum atomic E-state index is 10.8. The Balaban J connectivity index is 2.88. The highest BCUT2D eigenvalue weighted by molar-refractivity contribution is 9.18. The van der Waals surface area contributed by atoms with Gasteiger partial charge in [0.2, 0.25) is 0 Å². The van der Waals surface area contributed by atoms with Gasteiger partial charge in [0.25, 0.3) is 4.82 Å². The third kappa shape index (κ3) is 3.52. The molecule has 0 aliphatic rings. The molecule has 0 heterocycles. The third-order valence-electron chi connectivity index (χ3n) is 2.40. The van der Waals surface area contributed by atoms with Crippen LogP contribution in [-0.2, 0) is 6.54 Å². The van der Waals surface area contributed by atoms with Gasteiger partial charge in [-0.25, -0.2) is 0 Å². The van der Waals surface area contributed by atoms with Gasteiger partial charge < -0.3 is 10.1 Å². The quantitative estimate of drug-likeness (QED) is 0.680. The van der Waals surface area contributed by atoms with Crippen LogP contribution in [0.2, 0.25) is 0 Å². The van der Waals surface area contributed by atoms with Crippen LogP contribution in [0.5, 0.6) is 5.75 Å². The second kappa shape index (κ2) is 5.89. The number of carbonyl (C=O) groups excluding carboxylic acids is 1. The van der Waals surface area contributed by atoms with Gasteiger partial charge >= 0.3 is 0 Å². The number of carbonyl (C=O) groups is 1. The summed E-state index contributed by atoms with van der Waals surface area (Å²) in [6.07, 6.45) is 0. The normalized spacial score (nSPS) is 10.3. The summed E-state index contributed by atoms with van der Waals surface area (Å²) in [7, 11) is 1.64. The lowest BCUT2D eigenvalue weighted by Crippen LogP contribution is -2.15. The number of benzene rings is 1. The van der Waals surface area contributed by atoms with Crippen LogP contribution in [0.15, 0.2) is 18.2 Å². The fourth-order valence-corrected chi connectivity index (χ4v) is 1.57. The Morgan fingerprint density at radius 2 is 2.19 bits per heavy atom. The summed E-state index contributed by atoms with van der Waals surface area (Å²) >= 11 is 2.83. The lowest BCUT2D eigenvalue weighted by atomic mass is 10.0. The van der Waals surface area contributed by atoms with Gasteiger partial charge in [-0.2, -0.15) is 0 Å². The zero-order valence-electron chi connectivity index (χ0n) is 9.71. The third-order valence-corrected chi connectivity index (χ3v) is 2.68. The average molecular weight is 286 g/mol. The van der Waals surface area contributed by atoms with Gasteiger partial charge in [-0.3, -0.25) is 4.79 Å². The van der Waals surface area contributed by atoms with Crippen LogP contribution < -0.4 is 10.1 Å². The summed E-state index contributed by atoms with van der Waals surface area (Å²) in [5.74, 6) is 1.28. The molecule has 1 rings (SSSR count). The van der Waals surface area contributed by atoms with E-state index in [2.05, 4.69) is 41.2 Å². The first-order chi connectivity index (χ1) is 7.54. The van der Waals surface area contributed by atoms with E-state index in [0.717, 1.165) is 11.3 Å². The highest BCUT2D eigenvalue weighted by Gasteiger charge is 2.07. The van der Waals surface area contributed by atoms with Crippen LogP contribution >= 0.6 is 15.9 Å². The van der Waals surface area contributed by atoms with E-state index in [-0.39, 0.29) is 4.82 Å². The zero-order valence-corrected chi connectivity index (χ0v) is 11.3. The fourth-order valence-electron chi connectivity index (χ4n) is 1.43. The van der Waals surface area contributed by atoms with Crippen molar-refractivity contribution >= 4 is 20.7 Å². The zero-order chi connectivity index (χ0) is 12.1. The Kier molecular flexibility index (Phi) is 4.80. The minimum Gasteiger partial charge on any atom is -0.496 e. The van der Waals surface area contributed by atoms with Crippen molar-refractivity contribution in [2.24, 2.45) is 0 Å². The summed E-state index contributed by atoms with van der Waals surface area (Å²) in [6, 6.07) is 6.06. The standard InChI is InChI=1S/C12H16BrNO2/c1-8(2)9-4-5-10(7-14-12(13)15)11(6-9)16-3/h4-6,8H,7H2,1-3H3,(H,14,15). The lowest BCUT2D eigenvalue weighted by molar-refractivity contribution is 0.261. The molecular formula is C12H16BrNO2. The number of hydrogen-bond donors (Lipinski definition) is 1. The van der Waals surface area contributed by atoms with Gasteiger partial charge in [-0.15, -0.1) is 0 Å². The number of rotatable bonds is 4. The van der Waals surface area contributed by atoms with E-state index in [1.165, 1.54) is 5.56 Å². The molecule has 0 aliphatic heterocycles. The first kappa shape index (κ1) is 13.0. The van der Waals surface area contributed by atoms with Gasteiger partial charge in [-0.05, 0) is 17.5 Å². The van der Waals surface area contributed by atoms with Crippen LogP contribution in [0, 0.1) is 0 Å². The van der Waals surface area contributed by atoms with Crippen molar-refractivity contribution < 1.29 is 9.53 Å². The topological polar surface area (TPSA) is 38.3 Å². The molecule has 0 aliphatic carbocycles. The van der Waals surface area contributed by atoms with E-state index in [4.69, 9.17) is 4.74 Å². The summed E-state index contributed by atoms with van der Waals surface area (Å²) < 4.78 is 5.30. The Morgan fingerprint density at radius 3 is 2.69 bits per heavy atom. The van der Waals surface area contributed by atoms with Crippen LogP contribution in [0.3, 0.4) is 0 Å². The second-order valence-electron chi connectivity index (χ2n) is 3.85. The molecule has 4 heteroatoms. The number of halogens is 1. The van der Waals surface area contributed by atoms with Gasteiger partial charge in [0.15, 0.2) is 0 Å². The van der Waals surface area contributed by atoms with Crippen LogP contribution in [0.4, 0.5) is 4.79 Å². The Morgan fingerprint density at radius 1 is 1.50 bits per heavy atom. The van der Waals surface area contributed by atoms with Gasteiger partial charge in [0.1, 0.15) is 5.75 Å². The van der Waals surface area contributed by atoms with E-state index in [9.17, 15) is 4.79 Å². The molecule has 3 nitrogen and oxygen atoms in total. The molecule has 0 radical (unpaired) electrons. The van der Waals surface area contributed by atoms with E-state index in [1.54, 1.807) is 7.11 Å². The van der Waals surface area contributed by atoms with Gasteiger partial charge in [-0.1, -0.05) is 26.0 Å². The van der Waals surface area contributed by atoms with E-state index in [0.29, 0.717) is 12.5 Å². The van der Waals surface area contributed by atoms with E-state index >= 15 is 0 Å². The average Bonchev–Trinajstić information content (AvgIpc) is 2.25. The molecule has 0 unspecified atom stereocenters. The van der Waals surface area contributed by atoms with Crippen molar-refractivity contribution in [1.82, 2.24) is 5.32 Å². The highest BCUT2D eigenvalue weighted by atomic mass is 79.9. The molecule has 0 saturated carbocycles. The molecule has 0 saturated heterocycles. The van der Waals surface area contributed by atoms with Crippen molar-refractivity contribution in [3.63, 3.8) is 0 Å². The van der Waals surface area contributed by atoms with Crippen molar-refractivity contribution in [2.75, 3.05) is 7.11 Å². The summed E-state index contributed by atoms with van der Waals surface area (Å²) in [5.41, 5.74) is 2.20. The summed E-state index contributed by atoms with van der Waals surface area (Å²) in [5, 5.41) is 2.68. The molecule has 1 aromatic carbocycles. The largest absolute Gasteiger partial charge is 0.496 e. The molecule has 0 bridgehead atoms. The van der Waals surface area contributed by atoms with E-state index in [1.807, 2.05) is 12.1 Å². The number of nitrogens with one attached hydrogen (secondary N) is 1. The molecule has 16 heavy (non-hydrogen) atoms. The van der Waals surface area contributed by atoms with Gasteiger partial charge in [0.05, 0.1) is 7.11 Å². The molecule has 0 fully saturated rings. The minimum absolute atomic E-state index is 0.220. The molecule has 0 spiro atoms. The van der Waals surface area contributed by atoms with Crippen molar-refractivity contribution in [1.29, 1.82) is 0 Å². The predicted molar refractivity (Wildman–Crippen MR) is 68.2 cm³/mol. The molecule has 0 aromatic heterocycles. The van der Waals surface area contributed by atoms with Crippen LogP contribution in [-0.4, -0.2) is 11.9 Å². The van der Waals surface area contributed by atoms with Crippen LogP contribution in [0.1, 0.15) is 30.9 Å². The maximum Gasteiger partial charge on any atom is 0.287 e. The molecule has 0 atom stereocenters. The fraction of sp³-hybridized carbons (Fsp3) is 0.417. The lowest BCUT2D eigenvalue weighted by Gasteiger charge is -2.12. The van der Waals surface area contributed by atoms with E-state index < -0.39 is 0 Å². The first-order valence-electron chi connectivity index (χ1n) is 5.14. The molecule has 1 aromatic rings. The smallest absolute Gasteiger partial charge is 0.287 e. The SMILES string of the molecule is COc1cc(C(C)C)ccc1CNC(=O)Br. The maximum absolute atomic E-state index is 10.8. The monoisotopic (exact) mass is 285 g/mol. The Labute approximate surface area is 104 Å². The van der Waals surface area contributed by atoms with Crippen molar-refractivity contribution in [2.45, 2.75) is 26.3 Å². The summed E-state index contributed by atoms with van der Waals surface area (Å²) in [6.45, 7) is 4.73. The minimum atomic E-state index is -0.220. The van der Waals surface area contributed by atoms with Crippen LogP contribution in [0.25, 0.3) is 0 Å². The Hall–Kier alpha value is -1.03. The number of hydrogen-bond acceptors (Lipinski definition) is 2. The van der Waals surface area contributed by atoms with Crippen molar-refractivity contribution in [3.05, 3.63) is 29.3 Å². The Bertz CT molecular complexity index is 377. The molecule has 1 N–H and O–H groups in total. The number of ether oxygens (including phenoxy) is 1. The highest BCUT2D eigenvalue weighted by Crippen LogP contribution is 2.24. The number of methoxy groups -OCH3 is 1. The summed E-state index contributed by atoms with van der Waals surface area (Å²) in [4.78, 5) is 10.5. The van der Waals surface area contributed by atoms with Crippen molar-refractivity contribution in [3.8, 4) is 5.75 Å². The number of amides is 1. The second-order valence-corrected chi connectivity index (χ2v) is 4.57. The molecular weight excluding hydrogens is 270 g/mol.